The number of nitrogens with zero attached hydrogens (tertiary/aromatic N) is 1. The first-order chi connectivity index (χ1) is 4.09. The fourth-order valence-corrected chi connectivity index (χ4v) is 0.424. The Labute approximate surface area is 54.2 Å². The van der Waals surface area contributed by atoms with Gasteiger partial charge in [0.1, 0.15) is 5.71 Å². The molecule has 0 aromatic rings. The Kier molecular flexibility index (Phi) is 2.51. The predicted octanol–water partition coefficient (Wildman–Crippen LogP) is 0.865. The van der Waals surface area contributed by atoms with E-state index in [1.165, 1.54) is 0 Å². The summed E-state index contributed by atoms with van der Waals surface area (Å²) in [7, 11) is 0. The number of oxime groups is 1. The van der Waals surface area contributed by atoms with E-state index < -0.39 is 0 Å². The van der Waals surface area contributed by atoms with Crippen molar-refractivity contribution in [1.29, 1.82) is 0 Å². The highest BCUT2D eigenvalue weighted by atomic mass is 16.4. The Bertz CT molecular complexity index is 154. The number of allylic oxidation sites excluding steroid dienone is 1. The van der Waals surface area contributed by atoms with Gasteiger partial charge in [-0.15, -0.1) is 0 Å². The minimum Gasteiger partial charge on any atom is -0.410 e. The fraction of sp³-hybridized carbons (Fsp3) is 0.167. The summed E-state index contributed by atoms with van der Waals surface area (Å²) >= 11 is 0. The smallest absolute Gasteiger partial charge is 0.127 e. The molecule has 0 fully saturated rings. The average Bonchev–Trinajstić information content (AvgIpc) is 1.64. The van der Waals surface area contributed by atoms with Crippen molar-refractivity contribution in [3.05, 3.63) is 24.4 Å². The highest BCUT2D eigenvalue weighted by molar-refractivity contribution is 6.10. The van der Waals surface area contributed by atoms with Crippen molar-refractivity contribution in [3.8, 4) is 0 Å². The fourth-order valence-electron chi connectivity index (χ4n) is 0.424. The lowest BCUT2D eigenvalue weighted by Crippen LogP contribution is -2.10. The van der Waals surface area contributed by atoms with E-state index >= 15 is 0 Å². The van der Waals surface area contributed by atoms with Crippen LogP contribution in [-0.2, 0) is 0 Å². The third-order valence-corrected chi connectivity index (χ3v) is 0.808. The molecular formula is C6H10N2O. The molecule has 9 heavy (non-hydrogen) atoms. The van der Waals surface area contributed by atoms with Crippen molar-refractivity contribution in [2.75, 3.05) is 0 Å². The normalized spacial score (nSPS) is 11.0. The Morgan fingerprint density at radius 3 is 2.00 bits per heavy atom. The van der Waals surface area contributed by atoms with Crippen LogP contribution >= 0.6 is 0 Å². The van der Waals surface area contributed by atoms with E-state index in [1.807, 2.05) is 0 Å². The van der Waals surface area contributed by atoms with Crippen LogP contribution in [0.3, 0.4) is 0 Å². The number of hydrogen-bond acceptors (Lipinski definition) is 3. The first-order valence-corrected chi connectivity index (χ1v) is 2.42. The Balaban J connectivity index is 4.38. The van der Waals surface area contributed by atoms with Gasteiger partial charge in [-0.25, -0.2) is 0 Å². The standard InChI is InChI=1S/C6H10N2O/c1-4(2)6(8-9)5(3)7/h9H,1,3,7H2,2H3/b8-6-. The first kappa shape index (κ1) is 7.75. The number of hydrogen-bond donors (Lipinski definition) is 2. The highest BCUT2D eigenvalue weighted by Gasteiger charge is 1.99. The molecule has 0 heterocycles. The zero-order chi connectivity index (χ0) is 7.44. The van der Waals surface area contributed by atoms with E-state index in [9.17, 15) is 0 Å². The zero-order valence-electron chi connectivity index (χ0n) is 5.39. The van der Waals surface area contributed by atoms with Gasteiger partial charge >= 0.3 is 0 Å². The van der Waals surface area contributed by atoms with Gasteiger partial charge in [0.25, 0.3) is 0 Å². The van der Waals surface area contributed by atoms with Crippen LogP contribution in [0.1, 0.15) is 6.92 Å². The third-order valence-electron chi connectivity index (χ3n) is 0.808. The summed E-state index contributed by atoms with van der Waals surface area (Å²) < 4.78 is 0. The summed E-state index contributed by atoms with van der Waals surface area (Å²) in [4.78, 5) is 0. The van der Waals surface area contributed by atoms with Crippen LogP contribution in [0.5, 0.6) is 0 Å². The molecule has 0 aliphatic heterocycles. The van der Waals surface area contributed by atoms with E-state index in [0.29, 0.717) is 5.57 Å². The monoisotopic (exact) mass is 126 g/mol. The van der Waals surface area contributed by atoms with Gasteiger partial charge in [-0.2, -0.15) is 0 Å². The van der Waals surface area contributed by atoms with Crippen LogP contribution in [-0.4, -0.2) is 10.9 Å². The van der Waals surface area contributed by atoms with Crippen LogP contribution < -0.4 is 5.73 Å². The molecule has 0 saturated heterocycles. The molecular weight excluding hydrogens is 116 g/mol. The molecule has 50 valence electrons. The lowest BCUT2D eigenvalue weighted by atomic mass is 10.2. The van der Waals surface area contributed by atoms with Gasteiger partial charge in [0.15, 0.2) is 0 Å². The van der Waals surface area contributed by atoms with E-state index in [0.717, 1.165) is 0 Å². The lowest BCUT2D eigenvalue weighted by molar-refractivity contribution is 0.319. The van der Waals surface area contributed by atoms with Gasteiger partial charge in [0, 0.05) is 0 Å². The molecule has 0 amide bonds. The van der Waals surface area contributed by atoms with Crippen LogP contribution in [0.2, 0.25) is 0 Å². The summed E-state index contributed by atoms with van der Waals surface area (Å²) in [6.07, 6.45) is 0. The van der Waals surface area contributed by atoms with Crippen LogP contribution in [0.15, 0.2) is 29.6 Å². The summed E-state index contributed by atoms with van der Waals surface area (Å²) in [5.41, 5.74) is 6.29. The maximum absolute atomic E-state index is 8.25. The topological polar surface area (TPSA) is 58.6 Å². The molecule has 0 unspecified atom stereocenters. The van der Waals surface area contributed by atoms with Crippen LogP contribution in [0, 0.1) is 0 Å². The molecule has 0 aliphatic rings. The van der Waals surface area contributed by atoms with Gasteiger partial charge < -0.3 is 10.9 Å². The van der Waals surface area contributed by atoms with Crippen molar-refractivity contribution in [1.82, 2.24) is 0 Å². The van der Waals surface area contributed by atoms with E-state index in [2.05, 4.69) is 18.3 Å². The van der Waals surface area contributed by atoms with E-state index in [1.54, 1.807) is 6.92 Å². The molecule has 3 heteroatoms. The van der Waals surface area contributed by atoms with Gasteiger partial charge in [-0.3, -0.25) is 0 Å². The Morgan fingerprint density at radius 2 is 2.00 bits per heavy atom. The van der Waals surface area contributed by atoms with Gasteiger partial charge in [0.2, 0.25) is 0 Å². The molecule has 0 saturated carbocycles. The summed E-state index contributed by atoms with van der Waals surface area (Å²) in [6, 6.07) is 0. The highest BCUT2D eigenvalue weighted by Crippen LogP contribution is 1.96. The molecule has 0 radical (unpaired) electrons. The van der Waals surface area contributed by atoms with E-state index in [-0.39, 0.29) is 11.4 Å². The van der Waals surface area contributed by atoms with Crippen LogP contribution in [0.4, 0.5) is 0 Å². The predicted molar refractivity (Wildman–Crippen MR) is 37.4 cm³/mol. The molecule has 0 aromatic heterocycles. The second-order valence-electron chi connectivity index (χ2n) is 1.75. The molecule has 0 atom stereocenters. The summed E-state index contributed by atoms with van der Waals surface area (Å²) in [5.74, 6) is 0. The quantitative estimate of drug-likeness (QED) is 0.327. The molecule has 0 rings (SSSR count). The van der Waals surface area contributed by atoms with Crippen molar-refractivity contribution >= 4 is 5.71 Å². The van der Waals surface area contributed by atoms with E-state index in [4.69, 9.17) is 10.9 Å². The van der Waals surface area contributed by atoms with Gasteiger partial charge in [0.05, 0.1) is 5.70 Å². The number of nitrogens with two attached hydrogens (primary N) is 1. The second-order valence-corrected chi connectivity index (χ2v) is 1.75. The summed E-state index contributed by atoms with van der Waals surface area (Å²) in [6.45, 7) is 8.58. The lowest BCUT2D eigenvalue weighted by Gasteiger charge is -1.98. The van der Waals surface area contributed by atoms with Gasteiger partial charge in [-0.05, 0) is 12.5 Å². The zero-order valence-corrected chi connectivity index (χ0v) is 5.39. The van der Waals surface area contributed by atoms with Crippen LogP contribution in [0.25, 0.3) is 0 Å². The summed E-state index contributed by atoms with van der Waals surface area (Å²) in [5, 5.41) is 11.1. The molecule has 3 N–H and O–H groups in total. The van der Waals surface area contributed by atoms with Crippen molar-refractivity contribution in [2.24, 2.45) is 10.9 Å². The Hall–Kier alpha value is -1.25. The maximum Gasteiger partial charge on any atom is 0.127 e. The third kappa shape index (κ3) is 1.99. The minimum atomic E-state index is 0.227. The molecule has 0 aromatic carbocycles. The average molecular weight is 126 g/mol. The van der Waals surface area contributed by atoms with Crippen molar-refractivity contribution < 1.29 is 5.21 Å². The molecule has 0 spiro atoms. The first-order valence-electron chi connectivity index (χ1n) is 2.42. The largest absolute Gasteiger partial charge is 0.410 e. The molecule has 3 nitrogen and oxygen atoms in total. The minimum absolute atomic E-state index is 0.227. The SMILES string of the molecule is C=C(C)/C(=N/O)C(=C)N. The second kappa shape index (κ2) is 2.91. The van der Waals surface area contributed by atoms with Gasteiger partial charge in [-0.1, -0.05) is 18.3 Å². The molecule has 0 bridgehead atoms. The Morgan fingerprint density at radius 1 is 1.56 bits per heavy atom. The van der Waals surface area contributed by atoms with Crippen molar-refractivity contribution in [2.45, 2.75) is 6.92 Å². The van der Waals surface area contributed by atoms with Crippen molar-refractivity contribution in [3.63, 3.8) is 0 Å². The number of rotatable bonds is 2. The molecule has 0 aliphatic carbocycles. The maximum atomic E-state index is 8.25.